The number of ether oxygens (including phenoxy) is 1. The Bertz CT molecular complexity index is 346. The molecule has 1 atom stereocenters. The molecule has 1 N–H and O–H groups in total. The van der Waals surface area contributed by atoms with Crippen molar-refractivity contribution in [2.45, 2.75) is 58.1 Å². The van der Waals surface area contributed by atoms with Crippen LogP contribution in [0.4, 0.5) is 0 Å². The summed E-state index contributed by atoms with van der Waals surface area (Å²) < 4.78 is 7.18. The van der Waals surface area contributed by atoms with E-state index in [1.165, 1.54) is 25.7 Å². The van der Waals surface area contributed by atoms with Crippen LogP contribution in [-0.4, -0.2) is 22.0 Å². The average Bonchev–Trinajstić information content (AvgIpc) is 2.62. The zero-order valence-electron chi connectivity index (χ0n) is 11.4. The average molecular weight is 252 g/mol. The Morgan fingerprint density at radius 1 is 1.39 bits per heavy atom. The highest BCUT2D eigenvalue weighted by Crippen LogP contribution is 2.37. The fourth-order valence-electron chi connectivity index (χ4n) is 2.94. The number of nitrogens with zero attached hydrogens (tertiary/aromatic N) is 2. The Labute approximate surface area is 109 Å². The van der Waals surface area contributed by atoms with Crippen LogP contribution in [0.25, 0.3) is 0 Å². The van der Waals surface area contributed by atoms with Crippen LogP contribution in [0.3, 0.4) is 0 Å². The van der Waals surface area contributed by atoms with E-state index in [0.29, 0.717) is 11.7 Å². The van der Waals surface area contributed by atoms with Gasteiger partial charge in [0.2, 0.25) is 0 Å². The second-order valence-corrected chi connectivity index (χ2v) is 5.11. The third-order valence-corrected chi connectivity index (χ3v) is 3.99. The standard InChI is InChI=1S/C14H24N2O2/c1-3-16-13(12(18-2)10-15-16)14(17)11-8-6-4-5-7-9-11/h10-11,14,17H,3-9H2,1-2H3. The molecule has 1 aliphatic carbocycles. The van der Waals surface area contributed by atoms with Crippen molar-refractivity contribution in [2.24, 2.45) is 5.92 Å². The minimum Gasteiger partial charge on any atom is -0.493 e. The van der Waals surface area contributed by atoms with Crippen molar-refractivity contribution < 1.29 is 9.84 Å². The summed E-state index contributed by atoms with van der Waals surface area (Å²) in [5.41, 5.74) is 0.854. The van der Waals surface area contributed by atoms with Gasteiger partial charge >= 0.3 is 0 Å². The Morgan fingerprint density at radius 2 is 2.06 bits per heavy atom. The molecule has 1 unspecified atom stereocenters. The first-order chi connectivity index (χ1) is 8.77. The normalized spacial score (nSPS) is 19.5. The molecule has 1 heterocycles. The third-order valence-electron chi connectivity index (χ3n) is 3.99. The summed E-state index contributed by atoms with van der Waals surface area (Å²) in [6.07, 6.45) is 8.53. The molecule has 4 heteroatoms. The molecule has 0 aromatic carbocycles. The molecule has 2 rings (SSSR count). The molecule has 1 aromatic rings. The van der Waals surface area contributed by atoms with Gasteiger partial charge in [-0.25, -0.2) is 0 Å². The van der Waals surface area contributed by atoms with Crippen molar-refractivity contribution in [1.29, 1.82) is 0 Å². The monoisotopic (exact) mass is 252 g/mol. The molecule has 0 bridgehead atoms. The van der Waals surface area contributed by atoms with E-state index in [2.05, 4.69) is 5.10 Å². The number of aryl methyl sites for hydroxylation is 1. The smallest absolute Gasteiger partial charge is 0.162 e. The quantitative estimate of drug-likeness (QED) is 0.838. The molecule has 18 heavy (non-hydrogen) atoms. The van der Waals surface area contributed by atoms with Crippen molar-refractivity contribution in [3.8, 4) is 5.75 Å². The van der Waals surface area contributed by atoms with Crippen LogP contribution >= 0.6 is 0 Å². The summed E-state index contributed by atoms with van der Waals surface area (Å²) in [7, 11) is 1.64. The van der Waals surface area contributed by atoms with Gasteiger partial charge in [-0.15, -0.1) is 0 Å². The Kier molecular flexibility index (Phi) is 4.64. The first-order valence-electron chi connectivity index (χ1n) is 7.05. The van der Waals surface area contributed by atoms with Gasteiger partial charge in [0, 0.05) is 6.54 Å². The number of aromatic nitrogens is 2. The topological polar surface area (TPSA) is 47.3 Å². The summed E-state index contributed by atoms with van der Waals surface area (Å²) in [5.74, 6) is 1.07. The molecule has 1 fully saturated rings. The maximum absolute atomic E-state index is 10.6. The van der Waals surface area contributed by atoms with Gasteiger partial charge in [-0.1, -0.05) is 25.7 Å². The summed E-state index contributed by atoms with van der Waals surface area (Å²) in [4.78, 5) is 0. The van der Waals surface area contributed by atoms with Crippen LogP contribution in [0.5, 0.6) is 5.75 Å². The second-order valence-electron chi connectivity index (χ2n) is 5.11. The van der Waals surface area contributed by atoms with E-state index in [9.17, 15) is 5.11 Å². The van der Waals surface area contributed by atoms with Gasteiger partial charge in [-0.2, -0.15) is 5.10 Å². The van der Waals surface area contributed by atoms with Crippen molar-refractivity contribution in [3.63, 3.8) is 0 Å². The summed E-state index contributed by atoms with van der Waals surface area (Å²) in [6.45, 7) is 2.80. The van der Waals surface area contributed by atoms with Crippen molar-refractivity contribution in [1.82, 2.24) is 9.78 Å². The largest absolute Gasteiger partial charge is 0.493 e. The molecule has 102 valence electrons. The van der Waals surface area contributed by atoms with Crippen LogP contribution in [-0.2, 0) is 6.54 Å². The van der Waals surface area contributed by atoms with Gasteiger partial charge in [0.15, 0.2) is 5.75 Å². The molecule has 0 spiro atoms. The maximum atomic E-state index is 10.6. The van der Waals surface area contributed by atoms with Gasteiger partial charge in [0.1, 0.15) is 11.8 Å². The van der Waals surface area contributed by atoms with Crippen LogP contribution in [0.1, 0.15) is 57.2 Å². The Morgan fingerprint density at radius 3 is 2.61 bits per heavy atom. The fourth-order valence-corrected chi connectivity index (χ4v) is 2.94. The first-order valence-corrected chi connectivity index (χ1v) is 7.05. The number of methoxy groups -OCH3 is 1. The van der Waals surface area contributed by atoms with Gasteiger partial charge in [-0.3, -0.25) is 4.68 Å². The van der Waals surface area contributed by atoms with E-state index in [1.54, 1.807) is 13.3 Å². The Hall–Kier alpha value is -1.03. The zero-order chi connectivity index (χ0) is 13.0. The van der Waals surface area contributed by atoms with Crippen LogP contribution in [0.2, 0.25) is 0 Å². The fraction of sp³-hybridized carbons (Fsp3) is 0.786. The molecule has 0 amide bonds. The predicted octanol–water partition coefficient (Wildman–Crippen LogP) is 2.92. The first kappa shape index (κ1) is 13.4. The minimum absolute atomic E-state index is 0.350. The Balaban J connectivity index is 2.20. The third kappa shape index (κ3) is 2.69. The molecular formula is C14H24N2O2. The van der Waals surface area contributed by atoms with Gasteiger partial charge in [0.25, 0.3) is 0 Å². The molecule has 0 radical (unpaired) electrons. The number of hydrogen-bond acceptors (Lipinski definition) is 3. The van der Waals surface area contributed by atoms with Crippen LogP contribution in [0.15, 0.2) is 6.20 Å². The minimum atomic E-state index is -0.444. The van der Waals surface area contributed by atoms with E-state index in [0.717, 1.165) is 25.1 Å². The predicted molar refractivity (Wildman–Crippen MR) is 70.6 cm³/mol. The highest BCUT2D eigenvalue weighted by Gasteiger charge is 2.27. The lowest BCUT2D eigenvalue weighted by atomic mass is 9.92. The lowest BCUT2D eigenvalue weighted by molar-refractivity contribution is 0.0874. The molecular weight excluding hydrogens is 228 g/mol. The summed E-state index contributed by atoms with van der Waals surface area (Å²) >= 11 is 0. The van der Waals surface area contributed by atoms with Crippen LogP contribution < -0.4 is 4.74 Å². The molecule has 0 saturated heterocycles. The van der Waals surface area contributed by atoms with Crippen molar-refractivity contribution in [2.75, 3.05) is 7.11 Å². The SMILES string of the molecule is CCn1ncc(OC)c1C(O)C1CCCCCC1. The molecule has 4 nitrogen and oxygen atoms in total. The lowest BCUT2D eigenvalue weighted by Crippen LogP contribution is -2.17. The van der Waals surface area contributed by atoms with Gasteiger partial charge in [0.05, 0.1) is 13.3 Å². The van der Waals surface area contributed by atoms with E-state index in [-0.39, 0.29) is 0 Å². The van der Waals surface area contributed by atoms with E-state index >= 15 is 0 Å². The molecule has 1 saturated carbocycles. The number of aliphatic hydroxyl groups is 1. The molecule has 0 aliphatic heterocycles. The van der Waals surface area contributed by atoms with Gasteiger partial charge in [-0.05, 0) is 25.7 Å². The number of hydrogen-bond donors (Lipinski definition) is 1. The van der Waals surface area contributed by atoms with E-state index in [1.807, 2.05) is 11.6 Å². The maximum Gasteiger partial charge on any atom is 0.162 e. The summed E-state index contributed by atoms with van der Waals surface area (Å²) in [5, 5.41) is 14.9. The highest BCUT2D eigenvalue weighted by atomic mass is 16.5. The van der Waals surface area contributed by atoms with Crippen molar-refractivity contribution >= 4 is 0 Å². The number of rotatable bonds is 4. The van der Waals surface area contributed by atoms with Gasteiger partial charge < -0.3 is 9.84 Å². The van der Waals surface area contributed by atoms with E-state index in [4.69, 9.17) is 4.74 Å². The number of aliphatic hydroxyl groups excluding tert-OH is 1. The lowest BCUT2D eigenvalue weighted by Gasteiger charge is -2.22. The highest BCUT2D eigenvalue weighted by molar-refractivity contribution is 5.27. The second kappa shape index (κ2) is 6.23. The van der Waals surface area contributed by atoms with Crippen LogP contribution in [0, 0.1) is 5.92 Å². The molecule has 1 aromatic heterocycles. The summed E-state index contributed by atoms with van der Waals surface area (Å²) in [6, 6.07) is 0. The molecule has 1 aliphatic rings. The zero-order valence-corrected chi connectivity index (χ0v) is 11.4. The van der Waals surface area contributed by atoms with Crippen molar-refractivity contribution in [3.05, 3.63) is 11.9 Å². The van der Waals surface area contributed by atoms with E-state index < -0.39 is 6.10 Å².